The normalized spacial score (nSPS) is 13.0. The first-order valence-electron chi connectivity index (χ1n) is 5.08. The molecule has 0 aromatic heterocycles. The van der Waals surface area contributed by atoms with Gasteiger partial charge in [-0.15, -0.1) is 0 Å². The van der Waals surface area contributed by atoms with Crippen LogP contribution in [0.2, 0.25) is 0 Å². The second-order valence-corrected chi connectivity index (χ2v) is 4.76. The van der Waals surface area contributed by atoms with Crippen molar-refractivity contribution in [2.45, 2.75) is 33.6 Å². The van der Waals surface area contributed by atoms with Crippen LogP contribution in [0.4, 0.5) is 0 Å². The van der Waals surface area contributed by atoms with Crippen LogP contribution in [-0.4, -0.2) is 24.8 Å². The summed E-state index contributed by atoms with van der Waals surface area (Å²) in [6.45, 7) is 5.21. The molecule has 1 atom stereocenters. The lowest BCUT2D eigenvalue weighted by atomic mass is 9.80. The summed E-state index contributed by atoms with van der Waals surface area (Å²) in [5, 5.41) is 0. The smallest absolute Gasteiger partial charge is 0.306 e. The largest absolute Gasteiger partial charge is 0.469 e. The first-order chi connectivity index (χ1) is 7.18. The van der Waals surface area contributed by atoms with Gasteiger partial charge in [0.1, 0.15) is 5.78 Å². The van der Waals surface area contributed by atoms with Crippen LogP contribution in [0.15, 0.2) is 0 Å². The average molecular weight is 229 g/mol. The summed E-state index contributed by atoms with van der Waals surface area (Å²) in [7, 11) is 1.24. The van der Waals surface area contributed by atoms with E-state index in [1.807, 2.05) is 0 Å². The molecule has 0 heterocycles. The minimum Gasteiger partial charge on any atom is -0.469 e. The van der Waals surface area contributed by atoms with Crippen LogP contribution >= 0.6 is 0 Å². The third-order valence-electron chi connectivity index (χ3n) is 2.20. The van der Waals surface area contributed by atoms with Crippen LogP contribution in [0.25, 0.3) is 0 Å². The van der Waals surface area contributed by atoms with Crippen molar-refractivity contribution in [1.29, 1.82) is 0 Å². The summed E-state index contributed by atoms with van der Waals surface area (Å²) >= 11 is 0. The van der Waals surface area contributed by atoms with Gasteiger partial charge in [-0.2, -0.15) is 0 Å². The van der Waals surface area contributed by atoms with E-state index < -0.39 is 23.2 Å². The number of carbonyl (C=O) groups is 3. The van der Waals surface area contributed by atoms with E-state index in [0.29, 0.717) is 0 Å². The molecule has 0 saturated carbocycles. The van der Waals surface area contributed by atoms with Crippen molar-refractivity contribution < 1.29 is 19.1 Å². The lowest BCUT2D eigenvalue weighted by Crippen LogP contribution is -2.33. The molecule has 92 valence electrons. The molecular formula is C11H19NO4. The quantitative estimate of drug-likeness (QED) is 0.701. The van der Waals surface area contributed by atoms with Gasteiger partial charge in [-0.1, -0.05) is 20.8 Å². The van der Waals surface area contributed by atoms with Gasteiger partial charge >= 0.3 is 5.97 Å². The number of methoxy groups -OCH3 is 1. The first kappa shape index (κ1) is 14.6. The Morgan fingerprint density at radius 3 is 2.00 bits per heavy atom. The number of rotatable bonds is 5. The number of amides is 1. The van der Waals surface area contributed by atoms with Gasteiger partial charge in [-0.05, 0) is 0 Å². The predicted octanol–water partition coefficient (Wildman–Crippen LogP) is 0.656. The van der Waals surface area contributed by atoms with E-state index >= 15 is 0 Å². The summed E-state index contributed by atoms with van der Waals surface area (Å²) in [5.74, 6) is -1.95. The van der Waals surface area contributed by atoms with E-state index in [4.69, 9.17) is 5.73 Å². The zero-order valence-corrected chi connectivity index (χ0v) is 10.2. The molecule has 0 bridgehead atoms. The summed E-state index contributed by atoms with van der Waals surface area (Å²) < 4.78 is 4.48. The molecule has 0 aliphatic carbocycles. The van der Waals surface area contributed by atoms with Gasteiger partial charge in [0.05, 0.1) is 13.5 Å². The second kappa shape index (κ2) is 5.63. The van der Waals surface area contributed by atoms with Gasteiger partial charge in [0, 0.05) is 17.8 Å². The van der Waals surface area contributed by atoms with Crippen molar-refractivity contribution in [3.63, 3.8) is 0 Å². The Morgan fingerprint density at radius 1 is 1.19 bits per heavy atom. The molecule has 5 heteroatoms. The number of carbonyl (C=O) groups excluding carboxylic acids is 3. The van der Waals surface area contributed by atoms with Crippen LogP contribution in [-0.2, 0) is 19.1 Å². The minimum absolute atomic E-state index is 0.102. The van der Waals surface area contributed by atoms with Gasteiger partial charge in [0.2, 0.25) is 5.91 Å². The second-order valence-electron chi connectivity index (χ2n) is 4.76. The molecule has 1 amide bonds. The molecular weight excluding hydrogens is 210 g/mol. The predicted molar refractivity (Wildman–Crippen MR) is 58.4 cm³/mol. The fraction of sp³-hybridized carbons (Fsp3) is 0.727. The Labute approximate surface area is 95.3 Å². The zero-order valence-electron chi connectivity index (χ0n) is 10.2. The Kier molecular flexibility index (Phi) is 5.14. The highest BCUT2D eigenvalue weighted by Gasteiger charge is 2.32. The molecule has 16 heavy (non-hydrogen) atoms. The molecule has 0 radical (unpaired) electrons. The average Bonchev–Trinajstić information content (AvgIpc) is 2.13. The molecule has 0 aliphatic heterocycles. The van der Waals surface area contributed by atoms with Gasteiger partial charge in [-0.25, -0.2) is 0 Å². The van der Waals surface area contributed by atoms with E-state index in [1.54, 1.807) is 20.8 Å². The van der Waals surface area contributed by atoms with Crippen molar-refractivity contribution >= 4 is 17.7 Å². The molecule has 0 aliphatic rings. The molecule has 5 nitrogen and oxygen atoms in total. The monoisotopic (exact) mass is 229 g/mol. The molecule has 0 rings (SSSR count). The summed E-state index contributed by atoms with van der Waals surface area (Å²) in [6.07, 6.45) is -0.221. The topological polar surface area (TPSA) is 86.5 Å². The lowest BCUT2D eigenvalue weighted by molar-refractivity contribution is -0.145. The zero-order chi connectivity index (χ0) is 12.9. The van der Waals surface area contributed by atoms with E-state index in [1.165, 1.54) is 7.11 Å². The maximum atomic E-state index is 11.9. The molecule has 0 aromatic carbocycles. The van der Waals surface area contributed by atoms with Crippen LogP contribution in [0, 0.1) is 11.3 Å². The summed E-state index contributed by atoms with van der Waals surface area (Å²) in [5.41, 5.74) is 4.45. The maximum absolute atomic E-state index is 11.9. The Balaban J connectivity index is 4.73. The number of hydrogen-bond donors (Lipinski definition) is 1. The van der Waals surface area contributed by atoms with Crippen molar-refractivity contribution in [2.75, 3.05) is 7.11 Å². The van der Waals surface area contributed by atoms with Crippen molar-refractivity contribution in [1.82, 2.24) is 0 Å². The number of primary amides is 1. The van der Waals surface area contributed by atoms with Crippen LogP contribution in [0.3, 0.4) is 0 Å². The van der Waals surface area contributed by atoms with Gasteiger partial charge < -0.3 is 10.5 Å². The molecule has 2 N–H and O–H groups in total. The molecule has 0 saturated heterocycles. The standard InChI is InChI=1S/C11H19NO4/c1-11(2,3)10(15)7(5-8(12)13)6-9(14)16-4/h7H,5-6H2,1-4H3,(H2,12,13)/t7-/m1/s1. The van der Waals surface area contributed by atoms with Crippen LogP contribution < -0.4 is 5.73 Å². The first-order valence-corrected chi connectivity index (χ1v) is 5.08. The molecule has 0 spiro atoms. The Hall–Kier alpha value is -1.39. The lowest BCUT2D eigenvalue weighted by Gasteiger charge is -2.23. The van der Waals surface area contributed by atoms with Gasteiger partial charge in [0.15, 0.2) is 0 Å². The van der Waals surface area contributed by atoms with E-state index in [2.05, 4.69) is 4.74 Å². The molecule has 0 aromatic rings. The molecule has 0 unspecified atom stereocenters. The molecule has 0 fully saturated rings. The van der Waals surface area contributed by atoms with E-state index in [9.17, 15) is 14.4 Å². The summed E-state index contributed by atoms with van der Waals surface area (Å²) in [6, 6.07) is 0. The van der Waals surface area contributed by atoms with Crippen molar-refractivity contribution in [3.8, 4) is 0 Å². The highest BCUT2D eigenvalue weighted by Crippen LogP contribution is 2.24. The van der Waals surface area contributed by atoms with E-state index in [0.717, 1.165) is 0 Å². The Morgan fingerprint density at radius 2 is 1.69 bits per heavy atom. The fourth-order valence-corrected chi connectivity index (χ4v) is 1.40. The number of Topliss-reactive ketones (excluding diaryl/α,β-unsaturated/α-hetero) is 1. The number of hydrogen-bond acceptors (Lipinski definition) is 4. The number of nitrogens with two attached hydrogens (primary N) is 1. The van der Waals surface area contributed by atoms with Crippen LogP contribution in [0.5, 0.6) is 0 Å². The van der Waals surface area contributed by atoms with Crippen molar-refractivity contribution in [2.24, 2.45) is 17.1 Å². The van der Waals surface area contributed by atoms with E-state index in [-0.39, 0.29) is 18.6 Å². The van der Waals surface area contributed by atoms with Crippen molar-refractivity contribution in [3.05, 3.63) is 0 Å². The third kappa shape index (κ3) is 4.91. The van der Waals surface area contributed by atoms with Gasteiger partial charge in [0.25, 0.3) is 0 Å². The summed E-state index contributed by atoms with van der Waals surface area (Å²) in [4.78, 5) is 33.9. The third-order valence-corrected chi connectivity index (χ3v) is 2.20. The van der Waals surface area contributed by atoms with Crippen LogP contribution in [0.1, 0.15) is 33.6 Å². The highest BCUT2D eigenvalue weighted by atomic mass is 16.5. The number of ether oxygens (including phenoxy) is 1. The number of ketones is 1. The van der Waals surface area contributed by atoms with Gasteiger partial charge in [-0.3, -0.25) is 14.4 Å². The SMILES string of the molecule is COC(=O)C[C@@H](CC(N)=O)C(=O)C(C)(C)C. The maximum Gasteiger partial charge on any atom is 0.306 e. The number of esters is 1. The minimum atomic E-state index is -0.690. The fourth-order valence-electron chi connectivity index (χ4n) is 1.40. The Bertz CT molecular complexity index is 291. The highest BCUT2D eigenvalue weighted by molar-refractivity contribution is 5.92.